The quantitative estimate of drug-likeness (QED) is 0.728. The highest BCUT2D eigenvalue weighted by Crippen LogP contribution is 2.39. The van der Waals surface area contributed by atoms with Gasteiger partial charge >= 0.3 is 0 Å². The number of halogens is 1. The summed E-state index contributed by atoms with van der Waals surface area (Å²) in [4.78, 5) is 6.88. The molecule has 0 amide bonds. The van der Waals surface area contributed by atoms with Gasteiger partial charge in [-0.25, -0.2) is 0 Å². The minimum Gasteiger partial charge on any atom is -0.348 e. The van der Waals surface area contributed by atoms with Crippen LogP contribution in [0.3, 0.4) is 0 Å². The molecule has 1 fully saturated rings. The Kier molecular flexibility index (Phi) is 5.43. The third kappa shape index (κ3) is 3.91. The fraction of sp³-hybridized carbons (Fsp3) is 0.350. The van der Waals surface area contributed by atoms with E-state index < -0.39 is 0 Å². The van der Waals surface area contributed by atoms with Gasteiger partial charge in [0.1, 0.15) is 0 Å². The highest BCUT2D eigenvalue weighted by molar-refractivity contribution is 14.0. The Morgan fingerprint density at radius 2 is 1.71 bits per heavy atom. The Hall–Kier alpha value is -1.56. The third-order valence-electron chi connectivity index (χ3n) is 4.74. The fourth-order valence-electron chi connectivity index (χ4n) is 3.19. The number of nitrogens with zero attached hydrogens (tertiary/aromatic N) is 2. The topological polar surface area (TPSA) is 27.6 Å². The smallest absolute Gasteiger partial charge is 0.194 e. The van der Waals surface area contributed by atoms with E-state index in [1.807, 2.05) is 0 Å². The van der Waals surface area contributed by atoms with Crippen LogP contribution in [-0.2, 0) is 6.54 Å². The molecule has 0 saturated heterocycles. The van der Waals surface area contributed by atoms with Crippen molar-refractivity contribution < 1.29 is 0 Å². The molecule has 4 rings (SSSR count). The molecule has 0 aromatic heterocycles. The lowest BCUT2D eigenvalue weighted by Gasteiger charge is -2.21. The second-order valence-electron chi connectivity index (χ2n) is 6.64. The van der Waals surface area contributed by atoms with E-state index in [1.54, 1.807) is 0 Å². The number of hydrogen-bond acceptors (Lipinski definition) is 3. The van der Waals surface area contributed by atoms with Crippen LogP contribution in [0.2, 0.25) is 0 Å². The minimum absolute atomic E-state index is 0. The first-order valence-corrected chi connectivity index (χ1v) is 8.45. The first-order valence-electron chi connectivity index (χ1n) is 8.45. The molecular weight excluding hydrogens is 409 g/mol. The van der Waals surface area contributed by atoms with Crippen LogP contribution >= 0.6 is 24.0 Å². The summed E-state index contributed by atoms with van der Waals surface area (Å²) in [5, 5.41) is 3.54. The Morgan fingerprint density at radius 3 is 2.38 bits per heavy atom. The minimum atomic E-state index is 0. The van der Waals surface area contributed by atoms with E-state index in [4.69, 9.17) is 0 Å². The van der Waals surface area contributed by atoms with Crippen molar-refractivity contribution in [2.45, 2.75) is 31.3 Å². The Morgan fingerprint density at radius 1 is 1.00 bits per heavy atom. The average molecular weight is 433 g/mol. The Bertz CT molecular complexity index is 693. The van der Waals surface area contributed by atoms with Crippen LogP contribution < -0.4 is 5.32 Å². The molecule has 1 unspecified atom stereocenters. The zero-order valence-electron chi connectivity index (χ0n) is 14.0. The Labute approximate surface area is 161 Å². The molecule has 1 saturated carbocycles. The van der Waals surface area contributed by atoms with Crippen molar-refractivity contribution in [3.63, 3.8) is 0 Å². The van der Waals surface area contributed by atoms with Crippen molar-refractivity contribution in [2.24, 2.45) is 4.99 Å². The van der Waals surface area contributed by atoms with E-state index in [9.17, 15) is 0 Å². The van der Waals surface area contributed by atoms with E-state index in [2.05, 4.69) is 76.9 Å². The van der Waals surface area contributed by atoms with Gasteiger partial charge in [-0.1, -0.05) is 54.6 Å². The summed E-state index contributed by atoms with van der Waals surface area (Å²) in [6, 6.07) is 19.9. The van der Waals surface area contributed by atoms with Gasteiger partial charge in [-0.05, 0) is 35.4 Å². The maximum absolute atomic E-state index is 4.68. The van der Waals surface area contributed by atoms with Gasteiger partial charge in [-0.2, -0.15) is 0 Å². The molecule has 4 heteroatoms. The third-order valence-corrected chi connectivity index (χ3v) is 4.74. The summed E-state index contributed by atoms with van der Waals surface area (Å²) in [7, 11) is 2.11. The molecule has 1 atom stereocenters. The molecule has 3 nitrogen and oxygen atoms in total. The SMILES string of the molecule is CN(Cc1ccc(C2CC2)cc1)C1=NCC(c2ccccc2)N1.I. The number of nitrogens with one attached hydrogen (secondary N) is 1. The molecule has 1 heterocycles. The molecule has 0 spiro atoms. The number of hydrogen-bond donors (Lipinski definition) is 1. The molecule has 2 aromatic rings. The predicted molar refractivity (Wildman–Crippen MR) is 110 cm³/mol. The average Bonchev–Trinajstić information content (AvgIpc) is 3.32. The van der Waals surface area contributed by atoms with Crippen LogP contribution in [0.15, 0.2) is 59.6 Å². The second kappa shape index (κ2) is 7.55. The van der Waals surface area contributed by atoms with E-state index >= 15 is 0 Å². The monoisotopic (exact) mass is 433 g/mol. The van der Waals surface area contributed by atoms with Gasteiger partial charge in [0.05, 0.1) is 12.6 Å². The first kappa shape index (κ1) is 17.3. The summed E-state index contributed by atoms with van der Waals surface area (Å²) in [5.74, 6) is 1.82. The van der Waals surface area contributed by atoms with Gasteiger partial charge in [0.2, 0.25) is 0 Å². The van der Waals surface area contributed by atoms with Crippen LogP contribution in [-0.4, -0.2) is 24.5 Å². The lowest BCUT2D eigenvalue weighted by atomic mass is 10.1. The van der Waals surface area contributed by atoms with Crippen molar-refractivity contribution in [1.82, 2.24) is 10.2 Å². The van der Waals surface area contributed by atoms with Gasteiger partial charge in [-0.3, -0.25) is 4.99 Å². The van der Waals surface area contributed by atoms with Crippen molar-refractivity contribution in [2.75, 3.05) is 13.6 Å². The molecule has 2 aromatic carbocycles. The van der Waals surface area contributed by atoms with Crippen LogP contribution in [0.4, 0.5) is 0 Å². The number of benzene rings is 2. The largest absolute Gasteiger partial charge is 0.348 e. The molecule has 1 aliphatic heterocycles. The molecule has 126 valence electrons. The molecule has 24 heavy (non-hydrogen) atoms. The van der Waals surface area contributed by atoms with E-state index in [0.717, 1.165) is 25.0 Å². The maximum Gasteiger partial charge on any atom is 0.194 e. The molecule has 0 radical (unpaired) electrons. The number of guanidine groups is 1. The molecular formula is C20H24IN3. The van der Waals surface area contributed by atoms with Gasteiger partial charge in [0, 0.05) is 13.6 Å². The normalized spacial score (nSPS) is 19.2. The number of aliphatic imine (C=N–C) groups is 1. The summed E-state index contributed by atoms with van der Waals surface area (Å²) in [5.41, 5.74) is 4.13. The molecule has 2 aliphatic rings. The summed E-state index contributed by atoms with van der Waals surface area (Å²) in [6.45, 7) is 1.70. The van der Waals surface area contributed by atoms with Gasteiger partial charge < -0.3 is 10.2 Å². The molecule has 1 aliphatic carbocycles. The van der Waals surface area contributed by atoms with E-state index in [1.165, 1.54) is 29.5 Å². The first-order chi connectivity index (χ1) is 11.3. The van der Waals surface area contributed by atoms with Crippen molar-refractivity contribution in [3.8, 4) is 0 Å². The summed E-state index contributed by atoms with van der Waals surface area (Å²) in [6.07, 6.45) is 2.72. The van der Waals surface area contributed by atoms with Crippen molar-refractivity contribution >= 4 is 29.9 Å². The summed E-state index contributed by atoms with van der Waals surface area (Å²) < 4.78 is 0. The zero-order valence-corrected chi connectivity index (χ0v) is 16.3. The lowest BCUT2D eigenvalue weighted by Crippen LogP contribution is -2.36. The lowest BCUT2D eigenvalue weighted by molar-refractivity contribution is 0.480. The molecule has 0 bridgehead atoms. The fourth-order valence-corrected chi connectivity index (χ4v) is 3.19. The van der Waals surface area contributed by atoms with Crippen LogP contribution in [0, 0.1) is 0 Å². The van der Waals surface area contributed by atoms with Gasteiger partial charge in [-0.15, -0.1) is 24.0 Å². The van der Waals surface area contributed by atoms with Crippen molar-refractivity contribution in [3.05, 3.63) is 71.3 Å². The second-order valence-corrected chi connectivity index (χ2v) is 6.64. The van der Waals surface area contributed by atoms with Crippen LogP contribution in [0.1, 0.15) is 41.5 Å². The van der Waals surface area contributed by atoms with Crippen molar-refractivity contribution in [1.29, 1.82) is 0 Å². The standard InChI is InChI=1S/C20H23N3.HI/c1-23(14-15-7-9-16(10-8-15)17-11-12-17)20-21-13-19(22-20)18-5-3-2-4-6-18;/h2-10,17,19H,11-14H2,1H3,(H,21,22);1H. The highest BCUT2D eigenvalue weighted by Gasteiger charge is 2.23. The number of rotatable bonds is 4. The zero-order chi connectivity index (χ0) is 15.6. The Balaban J connectivity index is 0.00000169. The predicted octanol–water partition coefficient (Wildman–Crippen LogP) is 4.31. The molecule has 1 N–H and O–H groups in total. The van der Waals surface area contributed by atoms with E-state index in [-0.39, 0.29) is 24.0 Å². The van der Waals surface area contributed by atoms with Crippen LogP contribution in [0.5, 0.6) is 0 Å². The van der Waals surface area contributed by atoms with Gasteiger partial charge in [0.25, 0.3) is 0 Å². The summed E-state index contributed by atoms with van der Waals surface area (Å²) >= 11 is 0. The maximum atomic E-state index is 4.68. The highest BCUT2D eigenvalue weighted by atomic mass is 127. The van der Waals surface area contributed by atoms with E-state index in [0.29, 0.717) is 6.04 Å². The van der Waals surface area contributed by atoms with Gasteiger partial charge in [0.15, 0.2) is 5.96 Å². The van der Waals surface area contributed by atoms with Crippen LogP contribution in [0.25, 0.3) is 0 Å².